The van der Waals surface area contributed by atoms with E-state index in [4.69, 9.17) is 5.73 Å². The molecule has 0 spiro atoms. The van der Waals surface area contributed by atoms with Gasteiger partial charge in [0.1, 0.15) is 5.82 Å². The minimum Gasteiger partial charge on any atom is -0.384 e. The first-order chi connectivity index (χ1) is 7.61. The molecule has 0 fully saturated rings. The van der Waals surface area contributed by atoms with Gasteiger partial charge in [-0.05, 0) is 19.4 Å². The minimum absolute atomic E-state index is 0.271. The van der Waals surface area contributed by atoms with Gasteiger partial charge in [0.25, 0.3) is 5.91 Å². The summed E-state index contributed by atoms with van der Waals surface area (Å²) in [5, 5.41) is 8.03. The summed E-state index contributed by atoms with van der Waals surface area (Å²) in [6.07, 6.45) is 3.28. The molecule has 6 heteroatoms. The van der Waals surface area contributed by atoms with E-state index in [0.717, 1.165) is 5.56 Å². The van der Waals surface area contributed by atoms with Crippen molar-refractivity contribution in [1.82, 2.24) is 19.6 Å². The Labute approximate surface area is 92.7 Å². The number of carbonyl (C=O) groups excluding carboxylic acids is 1. The van der Waals surface area contributed by atoms with E-state index in [2.05, 4.69) is 10.2 Å². The highest BCUT2D eigenvalue weighted by Crippen LogP contribution is 2.08. The molecule has 2 rings (SSSR count). The van der Waals surface area contributed by atoms with Crippen molar-refractivity contribution < 1.29 is 4.79 Å². The summed E-state index contributed by atoms with van der Waals surface area (Å²) in [4.78, 5) is 11.9. The SMILES string of the molecule is CCn1nc(C(=O)n2cc(C)cn2)cc1N. The number of nitrogens with two attached hydrogens (primary N) is 1. The average molecular weight is 219 g/mol. The smallest absolute Gasteiger partial charge is 0.298 e. The van der Waals surface area contributed by atoms with E-state index in [9.17, 15) is 4.79 Å². The molecule has 0 radical (unpaired) electrons. The molecule has 0 atom stereocenters. The Kier molecular flexibility index (Phi) is 2.47. The van der Waals surface area contributed by atoms with Gasteiger partial charge in [0.05, 0.1) is 6.20 Å². The molecule has 0 aromatic carbocycles. The number of nitrogens with zero attached hydrogens (tertiary/aromatic N) is 4. The van der Waals surface area contributed by atoms with Crippen molar-refractivity contribution >= 4 is 11.7 Å². The molecule has 0 unspecified atom stereocenters. The number of aromatic nitrogens is 4. The Bertz CT molecular complexity index is 525. The van der Waals surface area contributed by atoms with Crippen LogP contribution in [0.2, 0.25) is 0 Å². The largest absolute Gasteiger partial charge is 0.384 e. The van der Waals surface area contributed by atoms with E-state index in [1.165, 1.54) is 4.68 Å². The van der Waals surface area contributed by atoms with Crippen LogP contribution in [0, 0.1) is 6.92 Å². The summed E-state index contributed by atoms with van der Waals surface area (Å²) < 4.78 is 2.83. The highest BCUT2D eigenvalue weighted by atomic mass is 16.2. The second-order valence-corrected chi connectivity index (χ2v) is 3.54. The highest BCUT2D eigenvalue weighted by molar-refractivity contribution is 5.94. The molecule has 0 bridgehead atoms. The predicted octanol–water partition coefficient (Wildman–Crippen LogP) is 0.679. The van der Waals surface area contributed by atoms with Crippen molar-refractivity contribution in [2.45, 2.75) is 20.4 Å². The lowest BCUT2D eigenvalue weighted by Gasteiger charge is -1.96. The zero-order chi connectivity index (χ0) is 11.7. The second kappa shape index (κ2) is 3.80. The predicted molar refractivity (Wildman–Crippen MR) is 59.0 cm³/mol. The van der Waals surface area contributed by atoms with E-state index in [1.54, 1.807) is 23.1 Å². The molecule has 6 nitrogen and oxygen atoms in total. The number of aryl methyl sites for hydroxylation is 2. The van der Waals surface area contributed by atoms with Gasteiger partial charge in [-0.2, -0.15) is 10.2 Å². The number of hydrogen-bond donors (Lipinski definition) is 1. The average Bonchev–Trinajstić information content (AvgIpc) is 2.83. The molecule has 2 aromatic heterocycles. The van der Waals surface area contributed by atoms with Crippen LogP contribution in [0.1, 0.15) is 23.0 Å². The fraction of sp³-hybridized carbons (Fsp3) is 0.300. The van der Waals surface area contributed by atoms with Crippen LogP contribution < -0.4 is 5.73 Å². The lowest BCUT2D eigenvalue weighted by molar-refractivity contribution is 0.0939. The Morgan fingerprint density at radius 2 is 2.31 bits per heavy atom. The Morgan fingerprint density at radius 1 is 1.56 bits per heavy atom. The molecule has 0 aliphatic rings. The van der Waals surface area contributed by atoms with Crippen molar-refractivity contribution in [3.8, 4) is 0 Å². The number of nitrogen functional groups attached to an aromatic ring is 1. The third-order valence-electron chi connectivity index (χ3n) is 2.25. The number of anilines is 1. The maximum Gasteiger partial charge on any atom is 0.298 e. The maximum absolute atomic E-state index is 11.9. The van der Waals surface area contributed by atoms with Gasteiger partial charge in [-0.3, -0.25) is 4.79 Å². The zero-order valence-corrected chi connectivity index (χ0v) is 9.21. The number of carbonyl (C=O) groups is 1. The number of hydrogen-bond acceptors (Lipinski definition) is 4. The second-order valence-electron chi connectivity index (χ2n) is 3.54. The van der Waals surface area contributed by atoms with E-state index in [0.29, 0.717) is 18.1 Å². The van der Waals surface area contributed by atoms with Gasteiger partial charge < -0.3 is 5.73 Å². The molecule has 0 saturated carbocycles. The van der Waals surface area contributed by atoms with Crippen LogP contribution in [0.5, 0.6) is 0 Å². The monoisotopic (exact) mass is 219 g/mol. The van der Waals surface area contributed by atoms with E-state index in [-0.39, 0.29) is 5.91 Å². The standard InChI is InChI=1S/C10H13N5O/c1-3-14-9(11)4-8(13-14)10(16)15-6-7(2)5-12-15/h4-6H,3,11H2,1-2H3. The molecule has 2 aromatic rings. The normalized spacial score (nSPS) is 10.6. The summed E-state index contributed by atoms with van der Waals surface area (Å²) in [5.41, 5.74) is 6.93. The van der Waals surface area contributed by atoms with Crippen LogP contribution in [0.4, 0.5) is 5.82 Å². The van der Waals surface area contributed by atoms with E-state index >= 15 is 0 Å². The fourth-order valence-electron chi connectivity index (χ4n) is 1.43. The Balaban J connectivity index is 2.34. The van der Waals surface area contributed by atoms with Crippen molar-refractivity contribution in [2.24, 2.45) is 0 Å². The number of rotatable bonds is 2. The molecule has 2 heterocycles. The van der Waals surface area contributed by atoms with Gasteiger partial charge in [0.15, 0.2) is 5.69 Å². The first-order valence-corrected chi connectivity index (χ1v) is 5.01. The molecule has 84 valence electrons. The van der Waals surface area contributed by atoms with E-state index < -0.39 is 0 Å². The van der Waals surface area contributed by atoms with Crippen molar-refractivity contribution in [3.05, 3.63) is 29.7 Å². The Hall–Kier alpha value is -2.11. The zero-order valence-electron chi connectivity index (χ0n) is 9.21. The van der Waals surface area contributed by atoms with Crippen LogP contribution in [0.25, 0.3) is 0 Å². The summed E-state index contributed by atoms with van der Waals surface area (Å²) in [7, 11) is 0. The third-order valence-corrected chi connectivity index (χ3v) is 2.25. The fourth-order valence-corrected chi connectivity index (χ4v) is 1.43. The first kappa shape index (κ1) is 10.4. The van der Waals surface area contributed by atoms with Gasteiger partial charge in [-0.25, -0.2) is 9.36 Å². The van der Waals surface area contributed by atoms with Crippen molar-refractivity contribution in [1.29, 1.82) is 0 Å². The van der Waals surface area contributed by atoms with Gasteiger partial charge in [0.2, 0.25) is 0 Å². The molecular formula is C10H13N5O. The van der Waals surface area contributed by atoms with Gasteiger partial charge in [-0.1, -0.05) is 0 Å². The van der Waals surface area contributed by atoms with Gasteiger partial charge in [-0.15, -0.1) is 0 Å². The third kappa shape index (κ3) is 1.69. The summed E-state index contributed by atoms with van der Waals surface area (Å²) in [6.45, 7) is 4.42. The first-order valence-electron chi connectivity index (χ1n) is 5.01. The van der Waals surface area contributed by atoms with Crippen LogP contribution in [0.3, 0.4) is 0 Å². The summed E-state index contributed by atoms with van der Waals surface area (Å²) in [5.74, 6) is 0.210. The van der Waals surface area contributed by atoms with Crippen LogP contribution in [0.15, 0.2) is 18.5 Å². The molecule has 0 aliphatic heterocycles. The van der Waals surface area contributed by atoms with Crippen molar-refractivity contribution in [3.63, 3.8) is 0 Å². The summed E-state index contributed by atoms with van der Waals surface area (Å²) >= 11 is 0. The van der Waals surface area contributed by atoms with Crippen molar-refractivity contribution in [2.75, 3.05) is 5.73 Å². The Morgan fingerprint density at radius 3 is 2.81 bits per heavy atom. The molecule has 0 aliphatic carbocycles. The molecule has 0 amide bonds. The topological polar surface area (TPSA) is 78.7 Å². The quantitative estimate of drug-likeness (QED) is 0.805. The minimum atomic E-state index is -0.271. The van der Waals surface area contributed by atoms with Gasteiger partial charge in [0, 0.05) is 18.8 Å². The maximum atomic E-state index is 11.9. The van der Waals surface area contributed by atoms with Crippen LogP contribution >= 0.6 is 0 Å². The van der Waals surface area contributed by atoms with Crippen LogP contribution in [-0.2, 0) is 6.54 Å². The van der Waals surface area contributed by atoms with E-state index in [1.807, 2.05) is 13.8 Å². The summed E-state index contributed by atoms with van der Waals surface area (Å²) in [6, 6.07) is 1.56. The van der Waals surface area contributed by atoms with Crippen LogP contribution in [-0.4, -0.2) is 25.5 Å². The van der Waals surface area contributed by atoms with Gasteiger partial charge >= 0.3 is 0 Å². The molecular weight excluding hydrogens is 206 g/mol. The molecule has 16 heavy (non-hydrogen) atoms. The molecule has 2 N–H and O–H groups in total. The molecule has 0 saturated heterocycles. The highest BCUT2D eigenvalue weighted by Gasteiger charge is 2.14. The lowest BCUT2D eigenvalue weighted by Crippen LogP contribution is -2.13. The lowest BCUT2D eigenvalue weighted by atomic mass is 10.4.